The van der Waals surface area contributed by atoms with Gasteiger partial charge in [0.05, 0.1) is 18.8 Å². The van der Waals surface area contributed by atoms with Gasteiger partial charge in [0.15, 0.2) is 0 Å². The molecule has 0 unspecified atom stereocenters. The molecule has 0 radical (unpaired) electrons. The van der Waals surface area contributed by atoms with Crippen molar-refractivity contribution < 1.29 is 19.4 Å². The Balaban J connectivity index is 1.40. The average molecular weight is 386 g/mol. The molecule has 2 saturated heterocycles. The van der Waals surface area contributed by atoms with Crippen LogP contribution in [0.5, 0.6) is 0 Å². The summed E-state index contributed by atoms with van der Waals surface area (Å²) in [6, 6.07) is 9.70. The number of carbonyl (C=O) groups excluding carboxylic acids is 1. The number of ether oxygens (including phenoxy) is 1. The molecule has 1 amide bonds. The van der Waals surface area contributed by atoms with Gasteiger partial charge in [-0.1, -0.05) is 30.4 Å². The first-order valence-corrected chi connectivity index (χ1v) is 10.2. The Bertz CT molecular complexity index is 676. The number of fused-ring (bicyclic) bond motifs is 2. The highest BCUT2D eigenvalue weighted by Crippen LogP contribution is 2.44. The van der Waals surface area contributed by atoms with Crippen LogP contribution in [0.1, 0.15) is 38.5 Å². The fourth-order valence-electron chi connectivity index (χ4n) is 4.25. The summed E-state index contributed by atoms with van der Waals surface area (Å²) in [7, 11) is 0. The van der Waals surface area contributed by atoms with Gasteiger partial charge in [-0.15, -0.1) is 0 Å². The molecule has 3 N–H and O–H groups in total. The third kappa shape index (κ3) is 5.83. The van der Waals surface area contributed by atoms with E-state index < -0.39 is 5.97 Å². The van der Waals surface area contributed by atoms with Crippen molar-refractivity contribution in [2.75, 3.05) is 18.4 Å². The molecule has 2 heterocycles. The number of hydrogen-bond acceptors (Lipinski definition) is 4. The molecule has 152 valence electrons. The van der Waals surface area contributed by atoms with Crippen LogP contribution in [-0.2, 0) is 14.3 Å². The van der Waals surface area contributed by atoms with Crippen LogP contribution in [0.2, 0.25) is 0 Å². The number of benzene rings is 1. The van der Waals surface area contributed by atoms with E-state index >= 15 is 0 Å². The minimum Gasteiger partial charge on any atom is -0.481 e. The lowest BCUT2D eigenvalue weighted by molar-refractivity contribution is -0.137. The number of allylic oxidation sites excluding steroid dienone is 2. The first kappa shape index (κ1) is 20.4. The lowest BCUT2D eigenvalue weighted by atomic mass is 9.77. The van der Waals surface area contributed by atoms with Gasteiger partial charge in [-0.3, -0.25) is 9.59 Å². The summed E-state index contributed by atoms with van der Waals surface area (Å²) in [5.41, 5.74) is 0.937. The lowest BCUT2D eigenvalue weighted by Crippen LogP contribution is -2.40. The molecule has 1 aromatic rings. The summed E-state index contributed by atoms with van der Waals surface area (Å²) in [5.74, 6) is 0.0296. The third-order valence-corrected chi connectivity index (χ3v) is 5.69. The fraction of sp³-hybridized carbons (Fsp3) is 0.545. The van der Waals surface area contributed by atoms with Crippen LogP contribution in [0.3, 0.4) is 0 Å². The van der Waals surface area contributed by atoms with Crippen molar-refractivity contribution >= 4 is 17.6 Å². The smallest absolute Gasteiger partial charge is 0.303 e. The first-order chi connectivity index (χ1) is 13.6. The van der Waals surface area contributed by atoms with E-state index in [-0.39, 0.29) is 31.1 Å². The van der Waals surface area contributed by atoms with Crippen molar-refractivity contribution in [3.05, 3.63) is 42.5 Å². The number of amides is 1. The fourth-order valence-corrected chi connectivity index (χ4v) is 4.25. The summed E-state index contributed by atoms with van der Waals surface area (Å²) in [6.07, 6.45) is 9.55. The number of aliphatic carboxylic acids is 1. The maximum Gasteiger partial charge on any atom is 0.303 e. The minimum absolute atomic E-state index is 0.00501. The number of carboxylic acids is 1. The van der Waals surface area contributed by atoms with Crippen LogP contribution >= 0.6 is 0 Å². The second-order valence-electron chi connectivity index (χ2n) is 7.63. The van der Waals surface area contributed by atoms with Gasteiger partial charge in [0.25, 0.3) is 0 Å². The number of hydrogen-bond donors (Lipinski definition) is 3. The molecule has 0 aromatic heterocycles. The van der Waals surface area contributed by atoms with E-state index in [9.17, 15) is 9.59 Å². The zero-order chi connectivity index (χ0) is 19.8. The standard InChI is InChI=1S/C22H30N2O4/c25-21(15-23-16-8-4-3-5-9-16)24-14-18-17(19-12-13-20(18)28-19)10-6-1-2-7-11-22(26)27/h1,3-6,8-9,17-20,23H,2,7,10-15H2,(H,24,25)(H,26,27)/t17-,18+,19-,20+/m1/s1. The van der Waals surface area contributed by atoms with Crippen molar-refractivity contribution in [1.82, 2.24) is 5.32 Å². The van der Waals surface area contributed by atoms with E-state index in [1.54, 1.807) is 0 Å². The Morgan fingerprint density at radius 1 is 1.11 bits per heavy atom. The zero-order valence-electron chi connectivity index (χ0n) is 16.2. The number of rotatable bonds is 11. The van der Waals surface area contributed by atoms with Crippen LogP contribution in [-0.4, -0.2) is 42.3 Å². The number of nitrogens with one attached hydrogen (secondary N) is 2. The molecule has 1 aromatic carbocycles. The van der Waals surface area contributed by atoms with Crippen LogP contribution in [0.4, 0.5) is 5.69 Å². The zero-order valence-corrected chi connectivity index (χ0v) is 16.2. The Hall–Kier alpha value is -2.34. The van der Waals surface area contributed by atoms with E-state index in [1.165, 1.54) is 0 Å². The molecule has 6 heteroatoms. The van der Waals surface area contributed by atoms with E-state index in [4.69, 9.17) is 9.84 Å². The normalized spacial score (nSPS) is 25.9. The first-order valence-electron chi connectivity index (χ1n) is 10.2. The quantitative estimate of drug-likeness (QED) is 0.401. The predicted molar refractivity (Wildman–Crippen MR) is 108 cm³/mol. The van der Waals surface area contributed by atoms with Crippen LogP contribution < -0.4 is 10.6 Å². The van der Waals surface area contributed by atoms with Gasteiger partial charge < -0.3 is 20.5 Å². The van der Waals surface area contributed by atoms with Gasteiger partial charge in [0, 0.05) is 24.6 Å². The summed E-state index contributed by atoms with van der Waals surface area (Å²) in [6.45, 7) is 0.911. The van der Waals surface area contributed by atoms with E-state index in [0.717, 1.165) is 31.4 Å². The summed E-state index contributed by atoms with van der Waals surface area (Å²) < 4.78 is 6.09. The predicted octanol–water partition coefficient (Wildman–Crippen LogP) is 3.21. The molecule has 28 heavy (non-hydrogen) atoms. The lowest BCUT2D eigenvalue weighted by Gasteiger charge is -2.27. The van der Waals surface area contributed by atoms with Crippen molar-refractivity contribution in [3.8, 4) is 0 Å². The average Bonchev–Trinajstić information content (AvgIpc) is 3.30. The van der Waals surface area contributed by atoms with Crippen molar-refractivity contribution in [3.63, 3.8) is 0 Å². The Morgan fingerprint density at radius 2 is 1.86 bits per heavy atom. The number of carboxylic acid groups (broad SMARTS) is 1. The molecular formula is C22H30N2O4. The molecule has 2 aliphatic heterocycles. The summed E-state index contributed by atoms with van der Waals surface area (Å²) >= 11 is 0. The largest absolute Gasteiger partial charge is 0.481 e. The number of unbranched alkanes of at least 4 members (excludes halogenated alkanes) is 1. The van der Waals surface area contributed by atoms with Crippen molar-refractivity contribution in [1.29, 1.82) is 0 Å². The van der Waals surface area contributed by atoms with E-state index in [1.807, 2.05) is 30.3 Å². The van der Waals surface area contributed by atoms with Crippen LogP contribution in [0.15, 0.2) is 42.5 Å². The molecule has 4 atom stereocenters. The summed E-state index contributed by atoms with van der Waals surface area (Å²) in [5, 5.41) is 14.9. The molecule has 2 fully saturated rings. The monoisotopic (exact) mass is 386 g/mol. The van der Waals surface area contributed by atoms with Gasteiger partial charge in [-0.05, 0) is 50.2 Å². The number of para-hydroxylation sites is 1. The van der Waals surface area contributed by atoms with Gasteiger partial charge in [0.1, 0.15) is 0 Å². The minimum atomic E-state index is -0.743. The maximum absolute atomic E-state index is 12.2. The van der Waals surface area contributed by atoms with Gasteiger partial charge >= 0.3 is 5.97 Å². The molecule has 2 bridgehead atoms. The summed E-state index contributed by atoms with van der Waals surface area (Å²) in [4.78, 5) is 22.7. The second-order valence-corrected chi connectivity index (χ2v) is 7.63. The second kappa shape index (κ2) is 10.3. The Labute approximate surface area is 166 Å². The van der Waals surface area contributed by atoms with Crippen molar-refractivity contribution in [2.45, 2.75) is 50.7 Å². The van der Waals surface area contributed by atoms with Gasteiger partial charge in [-0.2, -0.15) is 0 Å². The van der Waals surface area contributed by atoms with E-state index in [2.05, 4.69) is 22.8 Å². The SMILES string of the molecule is O=C(O)CCCC=CC[C@@H]1[C@H](CNC(=O)CNc2ccccc2)[C@@H]2CC[C@H]1O2. The Morgan fingerprint density at radius 3 is 2.61 bits per heavy atom. The molecular weight excluding hydrogens is 356 g/mol. The molecule has 0 spiro atoms. The maximum atomic E-state index is 12.2. The highest BCUT2D eigenvalue weighted by atomic mass is 16.5. The topological polar surface area (TPSA) is 87.7 Å². The Kier molecular flexibility index (Phi) is 7.48. The number of anilines is 1. The number of carbonyl (C=O) groups is 2. The molecule has 2 aliphatic rings. The van der Waals surface area contributed by atoms with Crippen molar-refractivity contribution in [2.24, 2.45) is 11.8 Å². The van der Waals surface area contributed by atoms with Gasteiger partial charge in [0.2, 0.25) is 5.91 Å². The van der Waals surface area contributed by atoms with E-state index in [0.29, 0.717) is 24.8 Å². The van der Waals surface area contributed by atoms with Gasteiger partial charge in [-0.25, -0.2) is 0 Å². The highest BCUT2D eigenvalue weighted by molar-refractivity contribution is 5.80. The molecule has 0 saturated carbocycles. The molecule has 3 rings (SSSR count). The molecule has 6 nitrogen and oxygen atoms in total. The van der Waals surface area contributed by atoms with Crippen LogP contribution in [0.25, 0.3) is 0 Å². The molecule has 0 aliphatic carbocycles. The highest BCUT2D eigenvalue weighted by Gasteiger charge is 2.47. The van der Waals surface area contributed by atoms with Crippen LogP contribution in [0, 0.1) is 11.8 Å². The third-order valence-electron chi connectivity index (χ3n) is 5.69.